The largest absolute Gasteiger partial charge is 0.315 e. The van der Waals surface area contributed by atoms with Gasteiger partial charge in [-0.2, -0.15) is 0 Å². The lowest BCUT2D eigenvalue weighted by molar-refractivity contribution is 0.966. The van der Waals surface area contributed by atoms with Gasteiger partial charge in [-0.25, -0.2) is 4.52 Å². The maximum absolute atomic E-state index is 11.7. The number of rotatable bonds is 0. The Kier molecular flexibility index (Phi) is 1.54. The summed E-state index contributed by atoms with van der Waals surface area (Å²) in [5, 5.41) is 4.74. The third-order valence-electron chi connectivity index (χ3n) is 2.23. The Morgan fingerprint density at radius 2 is 2.20 bits per heavy atom. The van der Waals surface area contributed by atoms with Crippen LogP contribution in [0.15, 0.2) is 29.2 Å². The Bertz CT molecular complexity index is 767. The van der Waals surface area contributed by atoms with Gasteiger partial charge in [-0.15, -0.1) is 5.10 Å². The van der Waals surface area contributed by atoms with E-state index in [1.807, 2.05) is 18.2 Å². The number of nitrogens with one attached hydrogen (secondary N) is 2. The summed E-state index contributed by atoms with van der Waals surface area (Å²) in [6.45, 7) is 0. The maximum atomic E-state index is 11.7. The molecule has 2 N–H and O–H groups in total. The van der Waals surface area contributed by atoms with Gasteiger partial charge < -0.3 is 4.98 Å². The number of H-pyrrole nitrogens is 2. The van der Waals surface area contributed by atoms with Gasteiger partial charge in [0.25, 0.3) is 5.56 Å². The molecule has 5 nitrogen and oxygen atoms in total. The highest BCUT2D eigenvalue weighted by Crippen LogP contribution is 2.12. The van der Waals surface area contributed by atoms with Crippen molar-refractivity contribution in [3.05, 3.63) is 39.5 Å². The highest BCUT2D eigenvalue weighted by atomic mass is 32.1. The molecule has 3 heterocycles. The Balaban J connectivity index is 2.73. The van der Waals surface area contributed by atoms with Crippen molar-refractivity contribution in [2.45, 2.75) is 0 Å². The van der Waals surface area contributed by atoms with E-state index >= 15 is 0 Å². The summed E-state index contributed by atoms with van der Waals surface area (Å²) in [4.78, 5) is 17.1. The fourth-order valence-electron chi connectivity index (χ4n) is 1.61. The number of hydrogen-bond donors (Lipinski definition) is 2. The van der Waals surface area contributed by atoms with Crippen LogP contribution >= 0.6 is 12.2 Å². The Hall–Kier alpha value is -1.95. The summed E-state index contributed by atoms with van der Waals surface area (Å²) in [6, 6.07) is 5.54. The first kappa shape index (κ1) is 8.37. The average Bonchev–Trinajstić information content (AvgIpc) is 2.54. The maximum Gasteiger partial charge on any atom is 0.263 e. The van der Waals surface area contributed by atoms with Gasteiger partial charge in [0.15, 0.2) is 10.4 Å². The third kappa shape index (κ3) is 1.11. The Labute approximate surface area is 88.4 Å². The van der Waals surface area contributed by atoms with Crippen LogP contribution in [0.5, 0.6) is 0 Å². The molecule has 74 valence electrons. The number of pyridine rings is 1. The molecule has 3 aromatic heterocycles. The molecule has 6 heteroatoms. The monoisotopic (exact) mass is 218 g/mol. The van der Waals surface area contributed by atoms with Gasteiger partial charge in [0, 0.05) is 6.20 Å². The molecule has 0 fully saturated rings. The van der Waals surface area contributed by atoms with Crippen molar-refractivity contribution >= 4 is 28.8 Å². The summed E-state index contributed by atoms with van der Waals surface area (Å²) in [7, 11) is 0. The van der Waals surface area contributed by atoms with Gasteiger partial charge in [-0.3, -0.25) is 9.78 Å². The predicted octanol–water partition coefficient (Wildman–Crippen LogP) is 1.23. The standard InChI is InChI=1S/C9H6N4OS/c14-8-6-5-3-1-2-4-13(5)12-7(6)10-9(15)11-8/h1-4H,(H2,10,11,12,14,15). The topological polar surface area (TPSA) is 66.0 Å². The fraction of sp³-hybridized carbons (Fsp3) is 0. The molecule has 0 aliphatic heterocycles. The molecule has 0 bridgehead atoms. The molecule has 15 heavy (non-hydrogen) atoms. The highest BCUT2D eigenvalue weighted by molar-refractivity contribution is 7.71. The molecular formula is C9H6N4OS. The third-order valence-corrected chi connectivity index (χ3v) is 2.43. The lowest BCUT2D eigenvalue weighted by Gasteiger charge is -1.88. The quantitative estimate of drug-likeness (QED) is 0.558. The van der Waals surface area contributed by atoms with Crippen molar-refractivity contribution in [2.75, 3.05) is 0 Å². The predicted molar refractivity (Wildman–Crippen MR) is 58.5 cm³/mol. The van der Waals surface area contributed by atoms with E-state index in [1.54, 1.807) is 10.7 Å². The summed E-state index contributed by atoms with van der Waals surface area (Å²) >= 11 is 4.87. The van der Waals surface area contributed by atoms with Crippen molar-refractivity contribution in [3.8, 4) is 0 Å². The summed E-state index contributed by atoms with van der Waals surface area (Å²) in [5.74, 6) is 0. The first-order valence-electron chi connectivity index (χ1n) is 4.35. The van der Waals surface area contributed by atoms with E-state index in [-0.39, 0.29) is 10.3 Å². The van der Waals surface area contributed by atoms with E-state index < -0.39 is 0 Å². The van der Waals surface area contributed by atoms with E-state index in [4.69, 9.17) is 12.2 Å². The van der Waals surface area contributed by atoms with Crippen molar-refractivity contribution in [2.24, 2.45) is 0 Å². The molecule has 3 rings (SSSR count). The van der Waals surface area contributed by atoms with Gasteiger partial charge in [-0.1, -0.05) is 6.07 Å². The van der Waals surface area contributed by atoms with Crippen molar-refractivity contribution in [3.63, 3.8) is 0 Å². The second-order valence-corrected chi connectivity index (χ2v) is 3.57. The Morgan fingerprint density at radius 1 is 1.33 bits per heavy atom. The minimum Gasteiger partial charge on any atom is -0.315 e. The van der Waals surface area contributed by atoms with Gasteiger partial charge in [-0.05, 0) is 24.4 Å². The van der Waals surface area contributed by atoms with Crippen LogP contribution in [0.3, 0.4) is 0 Å². The second kappa shape index (κ2) is 2.77. The van der Waals surface area contributed by atoms with E-state index in [2.05, 4.69) is 15.1 Å². The van der Waals surface area contributed by atoms with Crippen LogP contribution in [-0.4, -0.2) is 19.6 Å². The van der Waals surface area contributed by atoms with Gasteiger partial charge in [0.05, 0.1) is 5.52 Å². The Morgan fingerprint density at radius 3 is 3.07 bits per heavy atom. The number of fused-ring (bicyclic) bond motifs is 3. The minimum atomic E-state index is -0.213. The molecule has 0 spiro atoms. The number of nitrogens with zero attached hydrogens (tertiary/aromatic N) is 2. The zero-order chi connectivity index (χ0) is 10.4. The lowest BCUT2D eigenvalue weighted by atomic mass is 10.3. The van der Waals surface area contributed by atoms with Crippen molar-refractivity contribution < 1.29 is 0 Å². The molecule has 0 aliphatic rings. The van der Waals surface area contributed by atoms with Gasteiger partial charge in [0.2, 0.25) is 0 Å². The second-order valence-electron chi connectivity index (χ2n) is 3.16. The summed E-state index contributed by atoms with van der Waals surface area (Å²) in [5.41, 5.74) is 1.06. The zero-order valence-corrected chi connectivity index (χ0v) is 8.34. The zero-order valence-electron chi connectivity index (χ0n) is 7.52. The molecule has 0 amide bonds. The molecule has 0 aromatic carbocycles. The van der Waals surface area contributed by atoms with Crippen LogP contribution < -0.4 is 5.56 Å². The van der Waals surface area contributed by atoms with E-state index in [9.17, 15) is 4.79 Å². The number of aromatic amines is 2. The van der Waals surface area contributed by atoms with Crippen LogP contribution in [0.4, 0.5) is 0 Å². The minimum absolute atomic E-state index is 0.213. The van der Waals surface area contributed by atoms with Gasteiger partial charge >= 0.3 is 0 Å². The van der Waals surface area contributed by atoms with Gasteiger partial charge in [0.1, 0.15) is 5.39 Å². The lowest BCUT2D eigenvalue weighted by Crippen LogP contribution is -2.06. The van der Waals surface area contributed by atoms with Crippen LogP contribution in [0, 0.1) is 4.77 Å². The molecule has 0 saturated heterocycles. The molecule has 0 saturated carbocycles. The van der Waals surface area contributed by atoms with E-state index in [0.29, 0.717) is 11.0 Å². The molecular weight excluding hydrogens is 212 g/mol. The normalized spacial score (nSPS) is 11.2. The smallest absolute Gasteiger partial charge is 0.263 e. The first-order valence-corrected chi connectivity index (χ1v) is 4.76. The van der Waals surface area contributed by atoms with Crippen LogP contribution in [0.2, 0.25) is 0 Å². The highest BCUT2D eigenvalue weighted by Gasteiger charge is 2.07. The van der Waals surface area contributed by atoms with Crippen LogP contribution in [0.1, 0.15) is 0 Å². The fourth-order valence-corrected chi connectivity index (χ4v) is 1.80. The SMILES string of the molecule is O=c1[nH]c(=S)[nH]c2nn3ccccc3c12. The molecule has 0 atom stereocenters. The molecule has 0 aliphatic carbocycles. The van der Waals surface area contributed by atoms with E-state index in [1.165, 1.54) is 0 Å². The van der Waals surface area contributed by atoms with Crippen molar-refractivity contribution in [1.82, 2.24) is 19.6 Å². The number of hydrogen-bond acceptors (Lipinski definition) is 3. The number of aromatic nitrogens is 4. The van der Waals surface area contributed by atoms with Crippen LogP contribution in [-0.2, 0) is 0 Å². The summed E-state index contributed by atoms with van der Waals surface area (Å²) in [6.07, 6.45) is 1.78. The average molecular weight is 218 g/mol. The molecule has 3 aromatic rings. The molecule has 0 unspecified atom stereocenters. The molecule has 0 radical (unpaired) electrons. The van der Waals surface area contributed by atoms with E-state index in [0.717, 1.165) is 5.52 Å². The van der Waals surface area contributed by atoms with Crippen LogP contribution in [0.25, 0.3) is 16.6 Å². The summed E-state index contributed by atoms with van der Waals surface area (Å²) < 4.78 is 1.93. The first-order chi connectivity index (χ1) is 7.25. The van der Waals surface area contributed by atoms with Crippen molar-refractivity contribution in [1.29, 1.82) is 0 Å².